The summed E-state index contributed by atoms with van der Waals surface area (Å²) >= 11 is 0. The number of rotatable bonds is 5. The number of hydrogen-bond donors (Lipinski definition) is 1. The van der Waals surface area contributed by atoms with Gasteiger partial charge in [0.15, 0.2) is 0 Å². The van der Waals surface area contributed by atoms with Crippen LogP contribution in [0.15, 0.2) is 65.5 Å². The van der Waals surface area contributed by atoms with Gasteiger partial charge in [-0.1, -0.05) is 43.3 Å². The first kappa shape index (κ1) is 20.5. The Kier molecular flexibility index (Phi) is 5.66. The van der Waals surface area contributed by atoms with Crippen molar-refractivity contribution in [2.24, 2.45) is 0 Å². The molecule has 1 aliphatic heterocycles. The maximum atomic E-state index is 13.2. The summed E-state index contributed by atoms with van der Waals surface area (Å²) in [6.07, 6.45) is 1.54. The molecular weight excluding hydrogens is 392 g/mol. The van der Waals surface area contributed by atoms with E-state index in [0.29, 0.717) is 5.69 Å². The molecule has 1 N–H and O–H groups in total. The summed E-state index contributed by atoms with van der Waals surface area (Å²) < 4.78 is 1.03. The number of amides is 2. The predicted octanol–water partition coefficient (Wildman–Crippen LogP) is 3.04. The van der Waals surface area contributed by atoms with Gasteiger partial charge >= 0.3 is 0 Å². The molecule has 1 aromatic heterocycles. The number of carbonyl (C=O) groups is 2. The highest BCUT2D eigenvalue weighted by Crippen LogP contribution is 2.32. The third-order valence-electron chi connectivity index (χ3n) is 5.48. The van der Waals surface area contributed by atoms with Crippen LogP contribution < -0.4 is 15.8 Å². The van der Waals surface area contributed by atoms with Gasteiger partial charge in [-0.15, -0.1) is 0 Å². The van der Waals surface area contributed by atoms with Gasteiger partial charge in [-0.25, -0.2) is 4.68 Å². The first-order valence-electron chi connectivity index (χ1n) is 10.3. The van der Waals surface area contributed by atoms with E-state index in [1.165, 1.54) is 12.1 Å². The van der Waals surface area contributed by atoms with Crippen molar-refractivity contribution in [1.82, 2.24) is 9.78 Å². The summed E-state index contributed by atoms with van der Waals surface area (Å²) in [5, 5.41) is 7.03. The number of hydrogen-bond acceptors (Lipinski definition) is 4. The SMILES string of the molecule is CCc1ccccc1NC(=O)Cn1nc(C(=O)N2c3ccccc3C[C@@H]2C)ccc1=O. The van der Waals surface area contributed by atoms with Crippen LogP contribution in [0.25, 0.3) is 0 Å². The summed E-state index contributed by atoms with van der Waals surface area (Å²) in [5.41, 5.74) is 3.36. The zero-order chi connectivity index (χ0) is 22.0. The molecule has 0 aliphatic carbocycles. The Labute approximate surface area is 180 Å². The van der Waals surface area contributed by atoms with E-state index in [9.17, 15) is 14.4 Å². The van der Waals surface area contributed by atoms with Crippen molar-refractivity contribution in [3.8, 4) is 0 Å². The van der Waals surface area contributed by atoms with Crippen LogP contribution in [0, 0.1) is 0 Å². The molecule has 0 fully saturated rings. The topological polar surface area (TPSA) is 84.3 Å². The summed E-state index contributed by atoms with van der Waals surface area (Å²) in [6, 6.07) is 17.9. The second-order valence-electron chi connectivity index (χ2n) is 7.63. The molecule has 158 valence electrons. The molecular formula is C24H24N4O3. The molecule has 0 saturated heterocycles. The average Bonchev–Trinajstić information content (AvgIpc) is 3.10. The van der Waals surface area contributed by atoms with Gasteiger partial charge in [-0.3, -0.25) is 14.4 Å². The lowest BCUT2D eigenvalue weighted by molar-refractivity contribution is -0.117. The van der Waals surface area contributed by atoms with Gasteiger partial charge in [0.05, 0.1) is 0 Å². The van der Waals surface area contributed by atoms with Crippen molar-refractivity contribution in [2.75, 3.05) is 10.2 Å². The van der Waals surface area contributed by atoms with Crippen LogP contribution >= 0.6 is 0 Å². The Bertz CT molecular complexity index is 1200. The van der Waals surface area contributed by atoms with Crippen molar-refractivity contribution in [3.63, 3.8) is 0 Å². The Morgan fingerprint density at radius 3 is 2.61 bits per heavy atom. The van der Waals surface area contributed by atoms with E-state index < -0.39 is 5.56 Å². The maximum Gasteiger partial charge on any atom is 0.278 e. The van der Waals surface area contributed by atoms with Crippen molar-refractivity contribution >= 4 is 23.2 Å². The molecule has 2 amide bonds. The normalized spacial score (nSPS) is 14.9. The first-order valence-corrected chi connectivity index (χ1v) is 10.3. The minimum absolute atomic E-state index is 0.0130. The van der Waals surface area contributed by atoms with Gasteiger partial charge in [0.1, 0.15) is 12.2 Å². The smallest absolute Gasteiger partial charge is 0.278 e. The Morgan fingerprint density at radius 2 is 1.81 bits per heavy atom. The molecule has 2 aromatic carbocycles. The molecule has 0 spiro atoms. The number of benzene rings is 2. The second kappa shape index (κ2) is 8.55. The van der Waals surface area contributed by atoms with Gasteiger partial charge in [0, 0.05) is 23.5 Å². The monoisotopic (exact) mass is 416 g/mol. The fourth-order valence-electron chi connectivity index (χ4n) is 3.95. The highest BCUT2D eigenvalue weighted by atomic mass is 16.2. The molecule has 4 rings (SSSR count). The van der Waals surface area contributed by atoms with Crippen LogP contribution in [0.5, 0.6) is 0 Å². The van der Waals surface area contributed by atoms with E-state index in [2.05, 4.69) is 10.4 Å². The molecule has 1 atom stereocenters. The molecule has 2 heterocycles. The number of para-hydroxylation sites is 2. The number of anilines is 2. The highest BCUT2D eigenvalue weighted by Gasteiger charge is 2.32. The molecule has 0 radical (unpaired) electrons. The third kappa shape index (κ3) is 4.12. The predicted molar refractivity (Wildman–Crippen MR) is 119 cm³/mol. The third-order valence-corrected chi connectivity index (χ3v) is 5.48. The lowest BCUT2D eigenvalue weighted by Gasteiger charge is -2.22. The van der Waals surface area contributed by atoms with Crippen LogP contribution in [0.4, 0.5) is 11.4 Å². The zero-order valence-electron chi connectivity index (χ0n) is 17.5. The van der Waals surface area contributed by atoms with Crippen LogP contribution in [0.1, 0.15) is 35.5 Å². The van der Waals surface area contributed by atoms with E-state index in [1.807, 2.05) is 62.4 Å². The lowest BCUT2D eigenvalue weighted by atomic mass is 10.1. The number of nitrogens with one attached hydrogen (secondary N) is 1. The molecule has 31 heavy (non-hydrogen) atoms. The van der Waals surface area contributed by atoms with Gasteiger partial charge in [-0.2, -0.15) is 5.10 Å². The van der Waals surface area contributed by atoms with Gasteiger partial charge in [-0.05, 0) is 49.1 Å². The van der Waals surface area contributed by atoms with Crippen molar-refractivity contribution in [1.29, 1.82) is 0 Å². The first-order chi connectivity index (χ1) is 15.0. The molecule has 7 heteroatoms. The second-order valence-corrected chi connectivity index (χ2v) is 7.63. The minimum atomic E-state index is -0.439. The van der Waals surface area contributed by atoms with E-state index in [-0.39, 0.29) is 30.1 Å². The lowest BCUT2D eigenvalue weighted by Crippen LogP contribution is -2.38. The van der Waals surface area contributed by atoms with Crippen LogP contribution in [-0.4, -0.2) is 27.6 Å². The average molecular weight is 416 g/mol. The molecule has 3 aromatic rings. The van der Waals surface area contributed by atoms with Crippen molar-refractivity contribution in [2.45, 2.75) is 39.3 Å². The molecule has 0 bridgehead atoms. The Hall–Kier alpha value is -3.74. The van der Waals surface area contributed by atoms with Gasteiger partial charge < -0.3 is 10.2 Å². The van der Waals surface area contributed by atoms with Gasteiger partial charge in [0.2, 0.25) is 5.91 Å². The van der Waals surface area contributed by atoms with Crippen molar-refractivity contribution in [3.05, 3.63) is 87.8 Å². The minimum Gasteiger partial charge on any atom is -0.324 e. The zero-order valence-corrected chi connectivity index (χ0v) is 17.5. The highest BCUT2D eigenvalue weighted by molar-refractivity contribution is 6.06. The van der Waals surface area contributed by atoms with Gasteiger partial charge in [0.25, 0.3) is 11.5 Å². The quantitative estimate of drug-likeness (QED) is 0.693. The molecule has 1 aliphatic rings. The van der Waals surface area contributed by atoms with E-state index in [0.717, 1.165) is 34.3 Å². The molecule has 0 unspecified atom stereocenters. The Morgan fingerprint density at radius 1 is 1.06 bits per heavy atom. The van der Waals surface area contributed by atoms with Crippen LogP contribution in [0.2, 0.25) is 0 Å². The molecule has 0 saturated carbocycles. The number of aryl methyl sites for hydroxylation is 1. The summed E-state index contributed by atoms with van der Waals surface area (Å²) in [6.45, 7) is 3.71. The van der Waals surface area contributed by atoms with E-state index in [4.69, 9.17) is 0 Å². The standard InChI is InChI=1S/C24H24N4O3/c1-3-17-8-4-6-10-19(17)25-22(29)15-27-23(30)13-12-20(26-27)24(31)28-16(2)14-18-9-5-7-11-21(18)28/h4-13,16H,3,14-15H2,1-2H3,(H,25,29)/t16-/m0/s1. The number of carbonyl (C=O) groups excluding carboxylic acids is 2. The summed E-state index contributed by atoms with van der Waals surface area (Å²) in [4.78, 5) is 39.7. The fourth-order valence-corrected chi connectivity index (χ4v) is 3.95. The number of nitrogens with zero attached hydrogens (tertiary/aromatic N) is 3. The van der Waals surface area contributed by atoms with Crippen LogP contribution in [-0.2, 0) is 24.2 Å². The Balaban J connectivity index is 1.56. The number of fused-ring (bicyclic) bond motifs is 1. The van der Waals surface area contributed by atoms with E-state index in [1.54, 1.807) is 4.90 Å². The van der Waals surface area contributed by atoms with E-state index >= 15 is 0 Å². The maximum absolute atomic E-state index is 13.2. The summed E-state index contributed by atoms with van der Waals surface area (Å²) in [7, 11) is 0. The fraction of sp³-hybridized carbons (Fsp3) is 0.250. The largest absolute Gasteiger partial charge is 0.324 e. The molecule has 7 nitrogen and oxygen atoms in total. The number of aromatic nitrogens is 2. The van der Waals surface area contributed by atoms with Crippen molar-refractivity contribution < 1.29 is 9.59 Å². The van der Waals surface area contributed by atoms with Crippen LogP contribution in [0.3, 0.4) is 0 Å². The summed E-state index contributed by atoms with van der Waals surface area (Å²) in [5.74, 6) is -0.664.